The van der Waals surface area contributed by atoms with Crippen LogP contribution in [0.25, 0.3) is 0 Å². The fourth-order valence-electron chi connectivity index (χ4n) is 1.25. The number of halogens is 1. The van der Waals surface area contributed by atoms with Crippen molar-refractivity contribution in [2.45, 2.75) is 6.92 Å². The second kappa shape index (κ2) is 4.68. The lowest BCUT2D eigenvalue weighted by Crippen LogP contribution is -2.13. The van der Waals surface area contributed by atoms with Gasteiger partial charge in [-0.1, -0.05) is 11.6 Å². The smallest absolute Gasteiger partial charge is 0.259 e. The molecule has 0 bridgehead atoms. The fraction of sp³-hybridized carbons (Fsp3) is 0.100. The Bertz CT molecular complexity index is 569. The highest BCUT2D eigenvalue weighted by atomic mass is 35.5. The number of carbonyl (C=O) groups is 1. The van der Waals surface area contributed by atoms with Gasteiger partial charge in [-0.3, -0.25) is 10.1 Å². The van der Waals surface area contributed by atoms with E-state index < -0.39 is 0 Å². The molecule has 3 N–H and O–H groups in total. The minimum Gasteiger partial charge on any atom is -0.398 e. The summed E-state index contributed by atoms with van der Waals surface area (Å²) in [5, 5.41) is 3.56. The van der Waals surface area contributed by atoms with Crippen molar-refractivity contribution < 1.29 is 4.79 Å². The summed E-state index contributed by atoms with van der Waals surface area (Å²) in [5.41, 5.74) is 6.40. The number of aromatic nitrogens is 2. The third kappa shape index (κ3) is 2.72. The zero-order chi connectivity index (χ0) is 12.4. The van der Waals surface area contributed by atoms with Crippen molar-refractivity contribution in [3.05, 3.63) is 34.6 Å². The summed E-state index contributed by atoms with van der Waals surface area (Å²) < 4.78 is 3.96. The number of nitrogen functional groups attached to an aromatic ring is 1. The lowest BCUT2D eigenvalue weighted by atomic mass is 10.2. The van der Waals surface area contributed by atoms with Gasteiger partial charge in [-0.25, -0.2) is 4.98 Å². The summed E-state index contributed by atoms with van der Waals surface area (Å²) in [7, 11) is 0. The lowest BCUT2D eigenvalue weighted by Gasteiger charge is -2.04. The Balaban J connectivity index is 2.20. The molecule has 0 atom stereocenters. The van der Waals surface area contributed by atoms with Crippen LogP contribution in [-0.4, -0.2) is 15.3 Å². The summed E-state index contributed by atoms with van der Waals surface area (Å²) in [6.45, 7) is 1.75. The molecule has 2 aromatic rings. The van der Waals surface area contributed by atoms with E-state index in [1.165, 1.54) is 6.07 Å². The third-order valence-corrected chi connectivity index (χ3v) is 2.96. The van der Waals surface area contributed by atoms with Gasteiger partial charge in [0.2, 0.25) is 5.13 Å². The minimum atomic E-state index is -0.324. The topological polar surface area (TPSA) is 80.9 Å². The van der Waals surface area contributed by atoms with Gasteiger partial charge in [0.25, 0.3) is 5.91 Å². The van der Waals surface area contributed by atoms with Gasteiger partial charge in [0.15, 0.2) is 0 Å². The average Bonchev–Trinajstić information content (AvgIpc) is 2.63. The van der Waals surface area contributed by atoms with Crippen LogP contribution in [0.4, 0.5) is 10.8 Å². The number of benzene rings is 1. The quantitative estimate of drug-likeness (QED) is 0.819. The number of nitrogens with two attached hydrogens (primary N) is 1. The second-order valence-electron chi connectivity index (χ2n) is 3.33. The summed E-state index contributed by atoms with van der Waals surface area (Å²) in [5.74, 6) is 0.296. The Morgan fingerprint density at radius 1 is 1.53 bits per heavy atom. The van der Waals surface area contributed by atoms with E-state index >= 15 is 0 Å². The number of hydrogen-bond donors (Lipinski definition) is 2. The van der Waals surface area contributed by atoms with Crippen molar-refractivity contribution in [2.75, 3.05) is 11.1 Å². The SMILES string of the molecule is Cc1nsc(NC(=O)c2ccc(Cl)cc2N)n1. The van der Waals surface area contributed by atoms with Gasteiger partial charge in [0, 0.05) is 22.2 Å². The summed E-state index contributed by atoms with van der Waals surface area (Å²) in [4.78, 5) is 15.9. The molecule has 88 valence electrons. The van der Waals surface area contributed by atoms with Crippen LogP contribution in [0.5, 0.6) is 0 Å². The first-order valence-electron chi connectivity index (χ1n) is 4.73. The van der Waals surface area contributed by atoms with Crippen LogP contribution in [0.1, 0.15) is 16.2 Å². The van der Waals surface area contributed by atoms with E-state index in [0.717, 1.165) is 11.5 Å². The maximum Gasteiger partial charge on any atom is 0.259 e. The van der Waals surface area contributed by atoms with E-state index in [2.05, 4.69) is 14.7 Å². The van der Waals surface area contributed by atoms with Crippen LogP contribution in [0.2, 0.25) is 5.02 Å². The van der Waals surface area contributed by atoms with Crippen LogP contribution in [0, 0.1) is 6.92 Å². The molecule has 0 aliphatic heterocycles. The summed E-state index contributed by atoms with van der Waals surface area (Å²) >= 11 is 6.87. The number of nitrogens with zero attached hydrogens (tertiary/aromatic N) is 2. The molecule has 2 rings (SSSR count). The molecule has 0 saturated carbocycles. The maximum atomic E-state index is 11.9. The molecule has 0 aliphatic carbocycles. The first-order chi connectivity index (χ1) is 8.06. The van der Waals surface area contributed by atoms with Crippen LogP contribution < -0.4 is 11.1 Å². The molecule has 1 heterocycles. The van der Waals surface area contributed by atoms with Gasteiger partial charge in [-0.05, 0) is 25.1 Å². The Morgan fingerprint density at radius 3 is 2.88 bits per heavy atom. The van der Waals surface area contributed by atoms with E-state index in [4.69, 9.17) is 17.3 Å². The fourth-order valence-corrected chi connectivity index (χ4v) is 2.00. The molecular formula is C10H9ClN4OS. The zero-order valence-corrected chi connectivity index (χ0v) is 10.5. The van der Waals surface area contributed by atoms with E-state index in [1.807, 2.05) is 0 Å². The number of anilines is 2. The highest BCUT2D eigenvalue weighted by Gasteiger charge is 2.12. The first kappa shape index (κ1) is 11.8. The lowest BCUT2D eigenvalue weighted by molar-refractivity contribution is 0.102. The zero-order valence-electron chi connectivity index (χ0n) is 8.90. The number of hydrogen-bond acceptors (Lipinski definition) is 5. The molecule has 0 saturated heterocycles. The molecule has 17 heavy (non-hydrogen) atoms. The molecule has 0 spiro atoms. The van der Waals surface area contributed by atoms with Crippen LogP contribution in [0.15, 0.2) is 18.2 Å². The molecule has 1 aromatic heterocycles. The first-order valence-corrected chi connectivity index (χ1v) is 5.88. The summed E-state index contributed by atoms with van der Waals surface area (Å²) in [6, 6.07) is 4.71. The van der Waals surface area contributed by atoms with E-state index in [0.29, 0.717) is 27.2 Å². The van der Waals surface area contributed by atoms with Crippen LogP contribution in [0.3, 0.4) is 0 Å². The monoisotopic (exact) mass is 268 g/mol. The highest BCUT2D eigenvalue weighted by Crippen LogP contribution is 2.19. The number of nitrogens with one attached hydrogen (secondary N) is 1. The van der Waals surface area contributed by atoms with Crippen molar-refractivity contribution in [3.63, 3.8) is 0 Å². The molecule has 0 unspecified atom stereocenters. The second-order valence-corrected chi connectivity index (χ2v) is 4.52. The molecule has 0 radical (unpaired) electrons. The van der Waals surface area contributed by atoms with Gasteiger partial charge in [0.05, 0.1) is 5.56 Å². The summed E-state index contributed by atoms with van der Waals surface area (Å²) in [6.07, 6.45) is 0. The molecular weight excluding hydrogens is 260 g/mol. The predicted octanol–water partition coefficient (Wildman–Crippen LogP) is 2.33. The molecule has 0 aliphatic rings. The van der Waals surface area contributed by atoms with Crippen LogP contribution >= 0.6 is 23.1 Å². The van der Waals surface area contributed by atoms with E-state index in [9.17, 15) is 4.79 Å². The molecule has 0 fully saturated rings. The van der Waals surface area contributed by atoms with Crippen LogP contribution in [-0.2, 0) is 0 Å². The van der Waals surface area contributed by atoms with Crippen molar-refractivity contribution in [1.82, 2.24) is 9.36 Å². The highest BCUT2D eigenvalue weighted by molar-refractivity contribution is 7.09. The molecule has 7 heteroatoms. The predicted molar refractivity (Wildman–Crippen MR) is 68.5 cm³/mol. The van der Waals surface area contributed by atoms with Crippen molar-refractivity contribution >= 4 is 39.9 Å². The molecule has 5 nitrogen and oxygen atoms in total. The maximum absolute atomic E-state index is 11.9. The van der Waals surface area contributed by atoms with Gasteiger partial charge >= 0.3 is 0 Å². The van der Waals surface area contributed by atoms with Gasteiger partial charge in [-0.2, -0.15) is 4.37 Å². The Hall–Kier alpha value is -1.66. The van der Waals surface area contributed by atoms with Gasteiger partial charge < -0.3 is 5.73 Å². The van der Waals surface area contributed by atoms with Gasteiger partial charge in [-0.15, -0.1) is 0 Å². The Labute approximate surface area is 107 Å². The van der Waals surface area contributed by atoms with Crippen molar-refractivity contribution in [2.24, 2.45) is 0 Å². The number of aryl methyl sites for hydroxylation is 1. The minimum absolute atomic E-state index is 0.324. The standard InChI is InChI=1S/C10H9ClN4OS/c1-5-13-10(17-15-5)14-9(16)7-3-2-6(11)4-8(7)12/h2-4H,12H2,1H3,(H,13,14,15,16). The Kier molecular flexibility index (Phi) is 3.26. The number of carbonyl (C=O) groups excluding carboxylic acids is 1. The Morgan fingerprint density at radius 2 is 2.29 bits per heavy atom. The van der Waals surface area contributed by atoms with E-state index in [-0.39, 0.29) is 5.91 Å². The third-order valence-electron chi connectivity index (χ3n) is 2.01. The van der Waals surface area contributed by atoms with Gasteiger partial charge in [0.1, 0.15) is 5.82 Å². The van der Waals surface area contributed by atoms with Crippen molar-refractivity contribution in [1.29, 1.82) is 0 Å². The molecule has 1 amide bonds. The largest absolute Gasteiger partial charge is 0.398 e. The number of amides is 1. The number of rotatable bonds is 2. The van der Waals surface area contributed by atoms with E-state index in [1.54, 1.807) is 19.1 Å². The average molecular weight is 269 g/mol. The normalized spacial score (nSPS) is 10.2. The molecule has 1 aromatic carbocycles. The van der Waals surface area contributed by atoms with Crippen molar-refractivity contribution in [3.8, 4) is 0 Å².